The summed E-state index contributed by atoms with van der Waals surface area (Å²) < 4.78 is 6.76. The monoisotopic (exact) mass is 501 g/mol. The Hall–Kier alpha value is -3.20. The zero-order valence-electron chi connectivity index (χ0n) is 17.3. The summed E-state index contributed by atoms with van der Waals surface area (Å²) in [7, 11) is 0. The average Bonchev–Trinajstić information content (AvgIpc) is 3.11. The third-order valence-electron chi connectivity index (χ3n) is 5.00. The highest BCUT2D eigenvalue weighted by Gasteiger charge is 2.36. The van der Waals surface area contributed by atoms with E-state index in [4.69, 9.17) is 40.2 Å². The second kappa shape index (κ2) is 9.35. The largest absolute Gasteiger partial charge is 0.465 e. The number of nitrogens with zero attached hydrogens (tertiary/aromatic N) is 2. The average molecular weight is 502 g/mol. The van der Waals surface area contributed by atoms with E-state index in [0.29, 0.717) is 5.56 Å². The van der Waals surface area contributed by atoms with Crippen molar-refractivity contribution in [1.29, 1.82) is 0 Å². The van der Waals surface area contributed by atoms with Crippen LogP contribution in [0.15, 0.2) is 54.2 Å². The number of amides is 2. The van der Waals surface area contributed by atoms with Crippen LogP contribution in [0, 0.1) is 0 Å². The Morgan fingerprint density at radius 2 is 1.91 bits per heavy atom. The second-order valence-corrected chi connectivity index (χ2v) is 8.24. The van der Waals surface area contributed by atoms with Gasteiger partial charge in [-0.25, -0.2) is 0 Å². The summed E-state index contributed by atoms with van der Waals surface area (Å²) in [4.78, 5) is 39.2. The molecule has 2 aromatic carbocycles. The van der Waals surface area contributed by atoms with Crippen molar-refractivity contribution >= 4 is 81.0 Å². The van der Waals surface area contributed by atoms with Gasteiger partial charge in [0.1, 0.15) is 12.1 Å². The quantitative estimate of drug-likeness (QED) is 0.243. The van der Waals surface area contributed by atoms with E-state index in [1.54, 1.807) is 35.9 Å². The molecule has 0 bridgehead atoms. The van der Waals surface area contributed by atoms with E-state index in [1.807, 2.05) is 24.3 Å². The lowest BCUT2D eigenvalue weighted by Crippen LogP contribution is -2.54. The predicted molar refractivity (Wildman–Crippen MR) is 131 cm³/mol. The van der Waals surface area contributed by atoms with Gasteiger partial charge in [-0.15, -0.1) is 0 Å². The minimum atomic E-state index is -0.643. The highest BCUT2D eigenvalue weighted by molar-refractivity contribution is 7.80. The fourth-order valence-electron chi connectivity index (χ4n) is 3.56. The number of halogens is 2. The summed E-state index contributed by atoms with van der Waals surface area (Å²) in [6.45, 7) is 1.99. The van der Waals surface area contributed by atoms with Gasteiger partial charge in [0.25, 0.3) is 11.8 Å². The number of fused-ring (bicyclic) bond motifs is 1. The lowest BCUT2D eigenvalue weighted by atomic mass is 10.1. The van der Waals surface area contributed by atoms with Gasteiger partial charge in [0.2, 0.25) is 0 Å². The first-order valence-electron chi connectivity index (χ1n) is 9.90. The van der Waals surface area contributed by atoms with Crippen molar-refractivity contribution < 1.29 is 19.1 Å². The minimum Gasteiger partial charge on any atom is -0.465 e. The molecule has 3 aromatic rings. The zero-order chi connectivity index (χ0) is 23.7. The SMILES string of the molecule is CCOC(=O)Cn1cc(C=C2C(=O)NC(=S)N(c3cccc(Cl)c3Cl)C2=O)c2ccccc21. The Morgan fingerprint density at radius 1 is 1.15 bits per heavy atom. The van der Waals surface area contributed by atoms with Gasteiger partial charge in [0.15, 0.2) is 5.11 Å². The Morgan fingerprint density at radius 3 is 2.67 bits per heavy atom. The molecule has 4 rings (SSSR count). The van der Waals surface area contributed by atoms with Gasteiger partial charge in [-0.1, -0.05) is 47.5 Å². The Kier molecular flexibility index (Phi) is 6.51. The van der Waals surface area contributed by atoms with E-state index in [-0.39, 0.29) is 39.6 Å². The first kappa shape index (κ1) is 23.0. The van der Waals surface area contributed by atoms with Crippen LogP contribution in [-0.2, 0) is 25.7 Å². The summed E-state index contributed by atoms with van der Waals surface area (Å²) in [5.41, 5.74) is 1.46. The van der Waals surface area contributed by atoms with Crippen LogP contribution in [0.1, 0.15) is 12.5 Å². The molecule has 0 saturated carbocycles. The number of nitrogens with one attached hydrogen (secondary N) is 1. The fraction of sp³-hybridized carbons (Fsp3) is 0.130. The predicted octanol–water partition coefficient (Wildman–Crippen LogP) is 4.34. The number of ether oxygens (including phenoxy) is 1. The third-order valence-corrected chi connectivity index (χ3v) is 6.09. The van der Waals surface area contributed by atoms with Crippen LogP contribution >= 0.6 is 35.4 Å². The van der Waals surface area contributed by atoms with Crippen molar-refractivity contribution in [2.45, 2.75) is 13.5 Å². The molecule has 1 aliphatic rings. The maximum atomic E-state index is 13.3. The molecule has 7 nitrogen and oxygen atoms in total. The van der Waals surface area contributed by atoms with Crippen LogP contribution < -0.4 is 10.2 Å². The van der Waals surface area contributed by atoms with Crippen molar-refractivity contribution in [3.63, 3.8) is 0 Å². The molecule has 1 saturated heterocycles. The van der Waals surface area contributed by atoms with E-state index in [0.717, 1.165) is 15.8 Å². The van der Waals surface area contributed by atoms with Gasteiger partial charge in [-0.05, 0) is 43.4 Å². The number of para-hydroxylation sites is 1. The highest BCUT2D eigenvalue weighted by Crippen LogP contribution is 2.34. The Labute approximate surface area is 204 Å². The number of carbonyl (C=O) groups is 3. The van der Waals surface area contributed by atoms with Crippen LogP contribution in [0.4, 0.5) is 5.69 Å². The number of carbonyl (C=O) groups excluding carboxylic acids is 3. The number of benzene rings is 2. The van der Waals surface area contributed by atoms with Crippen LogP contribution in [-0.4, -0.2) is 34.1 Å². The standard InChI is InChI=1S/C23H17Cl2N3O4S/c1-2-32-19(29)12-27-11-13(14-6-3-4-8-17(14)27)10-15-21(30)26-23(33)28(22(15)31)18-9-5-7-16(24)20(18)25/h3-11H,2,12H2,1H3,(H,26,30,33). The molecule has 0 aliphatic carbocycles. The van der Waals surface area contributed by atoms with E-state index < -0.39 is 17.8 Å². The summed E-state index contributed by atoms with van der Waals surface area (Å²) >= 11 is 17.6. The molecule has 168 valence electrons. The number of hydrogen-bond acceptors (Lipinski definition) is 5. The number of anilines is 1. The van der Waals surface area contributed by atoms with E-state index in [9.17, 15) is 14.4 Å². The molecule has 2 amide bonds. The van der Waals surface area contributed by atoms with E-state index in [2.05, 4.69) is 5.32 Å². The minimum absolute atomic E-state index is 0.00793. The lowest BCUT2D eigenvalue weighted by Gasteiger charge is -2.29. The number of thiocarbonyl (C=S) groups is 1. The van der Waals surface area contributed by atoms with Gasteiger partial charge in [0.05, 0.1) is 22.3 Å². The van der Waals surface area contributed by atoms with Gasteiger partial charge in [0, 0.05) is 22.7 Å². The number of hydrogen-bond donors (Lipinski definition) is 1. The number of esters is 1. The van der Waals surface area contributed by atoms with Crippen LogP contribution in [0.25, 0.3) is 17.0 Å². The van der Waals surface area contributed by atoms with Crippen LogP contribution in [0.3, 0.4) is 0 Å². The molecular formula is C23H17Cl2N3O4S. The lowest BCUT2D eigenvalue weighted by molar-refractivity contribution is -0.143. The molecule has 0 radical (unpaired) electrons. The first-order valence-corrected chi connectivity index (χ1v) is 11.1. The zero-order valence-corrected chi connectivity index (χ0v) is 19.6. The normalized spacial score (nSPS) is 15.3. The van der Waals surface area contributed by atoms with Gasteiger partial charge in [-0.2, -0.15) is 0 Å². The molecule has 1 N–H and O–H groups in total. The molecule has 1 aliphatic heterocycles. The molecule has 0 unspecified atom stereocenters. The Bertz CT molecular complexity index is 1350. The summed E-state index contributed by atoms with van der Waals surface area (Å²) in [5.74, 6) is -1.67. The van der Waals surface area contributed by atoms with Gasteiger partial charge in [-0.3, -0.25) is 24.6 Å². The van der Waals surface area contributed by atoms with Crippen molar-refractivity contribution in [2.24, 2.45) is 0 Å². The maximum Gasteiger partial charge on any atom is 0.325 e. The van der Waals surface area contributed by atoms with E-state index in [1.165, 1.54) is 6.08 Å². The van der Waals surface area contributed by atoms with Gasteiger partial charge < -0.3 is 9.30 Å². The van der Waals surface area contributed by atoms with Crippen molar-refractivity contribution in [3.05, 3.63) is 69.8 Å². The van der Waals surface area contributed by atoms with Gasteiger partial charge >= 0.3 is 5.97 Å². The number of rotatable bonds is 5. The molecule has 1 aromatic heterocycles. The fourth-order valence-corrected chi connectivity index (χ4v) is 4.22. The second-order valence-electron chi connectivity index (χ2n) is 7.07. The topological polar surface area (TPSA) is 80.6 Å². The van der Waals surface area contributed by atoms with Crippen LogP contribution in [0.5, 0.6) is 0 Å². The molecule has 2 heterocycles. The molecule has 0 spiro atoms. The summed E-state index contributed by atoms with van der Waals surface area (Å²) in [6, 6.07) is 12.1. The van der Waals surface area contributed by atoms with E-state index >= 15 is 0 Å². The third kappa shape index (κ3) is 4.37. The molecular weight excluding hydrogens is 485 g/mol. The van der Waals surface area contributed by atoms with Crippen molar-refractivity contribution in [2.75, 3.05) is 11.5 Å². The molecule has 33 heavy (non-hydrogen) atoms. The molecule has 0 atom stereocenters. The highest BCUT2D eigenvalue weighted by atomic mass is 35.5. The van der Waals surface area contributed by atoms with Crippen molar-refractivity contribution in [3.8, 4) is 0 Å². The smallest absolute Gasteiger partial charge is 0.325 e. The van der Waals surface area contributed by atoms with Crippen molar-refractivity contribution in [1.82, 2.24) is 9.88 Å². The summed E-state index contributed by atoms with van der Waals surface area (Å²) in [6.07, 6.45) is 3.16. The molecule has 10 heteroatoms. The number of aromatic nitrogens is 1. The Balaban J connectivity index is 1.79. The molecule has 1 fully saturated rings. The maximum absolute atomic E-state index is 13.3. The first-order chi connectivity index (χ1) is 15.8. The summed E-state index contributed by atoms with van der Waals surface area (Å²) in [5, 5.41) is 3.56. The van der Waals surface area contributed by atoms with Crippen LogP contribution in [0.2, 0.25) is 10.0 Å².